The average molecular weight is 407 g/mol. The molecule has 3 aromatic carbocycles. The van der Waals surface area contributed by atoms with Crippen molar-refractivity contribution >= 4 is 17.7 Å². The molecule has 0 heterocycles. The van der Waals surface area contributed by atoms with Crippen LogP contribution in [0.2, 0.25) is 0 Å². The van der Waals surface area contributed by atoms with E-state index in [9.17, 15) is 14.7 Å². The minimum atomic E-state index is -0.677. The predicted octanol–water partition coefficient (Wildman–Crippen LogP) is 4.38. The van der Waals surface area contributed by atoms with Gasteiger partial charge in [-0.05, 0) is 42.0 Å². The first-order chi connectivity index (χ1) is 14.6. The molecule has 2 N–H and O–H groups in total. The lowest BCUT2D eigenvalue weighted by atomic mass is 10.2. The molecule has 0 unspecified atom stereocenters. The zero-order chi connectivity index (χ0) is 21.2. The Morgan fingerprint density at radius 1 is 0.833 bits per heavy atom. The molecule has 30 heavy (non-hydrogen) atoms. The molecule has 0 saturated carbocycles. The standard InChI is InChI=1S/C23H21NO6/c25-21-9-5-4-8-20(21)22(26)30-19-12-10-18(11-13-19)24-23(27)29-15-14-28-16-17-6-2-1-3-7-17/h1-13,25H,14-16H2,(H,24,27). The molecular weight excluding hydrogens is 386 g/mol. The fourth-order valence-corrected chi connectivity index (χ4v) is 2.53. The Morgan fingerprint density at radius 3 is 2.27 bits per heavy atom. The fourth-order valence-electron chi connectivity index (χ4n) is 2.53. The van der Waals surface area contributed by atoms with Crippen LogP contribution >= 0.6 is 0 Å². The van der Waals surface area contributed by atoms with Crippen molar-refractivity contribution in [2.45, 2.75) is 6.61 Å². The van der Waals surface area contributed by atoms with Crippen LogP contribution in [-0.2, 0) is 16.1 Å². The van der Waals surface area contributed by atoms with E-state index in [2.05, 4.69) is 5.32 Å². The van der Waals surface area contributed by atoms with Gasteiger partial charge in [-0.25, -0.2) is 9.59 Å². The maximum Gasteiger partial charge on any atom is 0.411 e. The number of benzene rings is 3. The van der Waals surface area contributed by atoms with Gasteiger partial charge in [0.15, 0.2) is 0 Å². The first-order valence-electron chi connectivity index (χ1n) is 9.27. The fraction of sp³-hybridized carbons (Fsp3) is 0.130. The number of ether oxygens (including phenoxy) is 3. The van der Waals surface area contributed by atoms with Gasteiger partial charge in [0.1, 0.15) is 23.7 Å². The van der Waals surface area contributed by atoms with Gasteiger partial charge in [0, 0.05) is 5.69 Å². The summed E-state index contributed by atoms with van der Waals surface area (Å²) in [5.41, 5.74) is 1.59. The molecule has 7 nitrogen and oxygen atoms in total. The average Bonchev–Trinajstić information content (AvgIpc) is 2.76. The van der Waals surface area contributed by atoms with Gasteiger partial charge in [-0.2, -0.15) is 0 Å². The van der Waals surface area contributed by atoms with E-state index >= 15 is 0 Å². The van der Waals surface area contributed by atoms with Crippen LogP contribution in [0, 0.1) is 0 Å². The minimum Gasteiger partial charge on any atom is -0.507 e. The summed E-state index contributed by atoms with van der Waals surface area (Å²) in [7, 11) is 0. The highest BCUT2D eigenvalue weighted by molar-refractivity contribution is 5.93. The molecule has 0 aliphatic rings. The van der Waals surface area contributed by atoms with Gasteiger partial charge in [-0.3, -0.25) is 5.32 Å². The molecule has 0 bridgehead atoms. The third-order valence-corrected chi connectivity index (χ3v) is 4.01. The second-order valence-corrected chi connectivity index (χ2v) is 6.23. The lowest BCUT2D eigenvalue weighted by Crippen LogP contribution is -2.16. The van der Waals surface area contributed by atoms with Crippen LogP contribution in [0.15, 0.2) is 78.9 Å². The monoisotopic (exact) mass is 407 g/mol. The number of phenolic OH excluding ortho intramolecular Hbond substituents is 1. The van der Waals surface area contributed by atoms with Crippen LogP contribution in [0.4, 0.5) is 10.5 Å². The molecule has 0 aromatic heterocycles. The maximum absolute atomic E-state index is 12.1. The minimum absolute atomic E-state index is 0.0674. The number of carbonyl (C=O) groups excluding carboxylic acids is 2. The van der Waals surface area contributed by atoms with Gasteiger partial charge in [-0.1, -0.05) is 42.5 Å². The number of nitrogens with one attached hydrogen (secondary N) is 1. The molecule has 0 aliphatic heterocycles. The molecule has 0 fully saturated rings. The van der Waals surface area contributed by atoms with Crippen molar-refractivity contribution in [3.8, 4) is 11.5 Å². The third kappa shape index (κ3) is 6.35. The van der Waals surface area contributed by atoms with E-state index in [1.165, 1.54) is 24.3 Å². The number of aromatic hydroxyl groups is 1. The first kappa shape index (κ1) is 20.9. The van der Waals surface area contributed by atoms with Crippen LogP contribution in [-0.4, -0.2) is 30.4 Å². The van der Waals surface area contributed by atoms with Crippen LogP contribution < -0.4 is 10.1 Å². The van der Waals surface area contributed by atoms with Crippen LogP contribution in [0.25, 0.3) is 0 Å². The molecule has 3 aromatic rings. The summed E-state index contributed by atoms with van der Waals surface area (Å²) in [5, 5.41) is 12.3. The number of para-hydroxylation sites is 1. The SMILES string of the molecule is O=C(Nc1ccc(OC(=O)c2ccccc2O)cc1)OCCOCc1ccccc1. The Kier molecular flexibility index (Phi) is 7.40. The van der Waals surface area contributed by atoms with E-state index in [-0.39, 0.29) is 30.3 Å². The summed E-state index contributed by atoms with van der Waals surface area (Å²) in [4.78, 5) is 23.9. The Balaban J connectivity index is 1.39. The Hall–Kier alpha value is -3.84. The van der Waals surface area contributed by atoms with E-state index in [0.29, 0.717) is 12.3 Å². The third-order valence-electron chi connectivity index (χ3n) is 4.01. The van der Waals surface area contributed by atoms with Gasteiger partial charge >= 0.3 is 12.1 Å². The highest BCUT2D eigenvalue weighted by Crippen LogP contribution is 2.21. The topological polar surface area (TPSA) is 94.1 Å². The number of anilines is 1. The summed E-state index contributed by atoms with van der Waals surface area (Å²) < 4.78 is 15.7. The number of phenols is 1. The second-order valence-electron chi connectivity index (χ2n) is 6.23. The number of carbonyl (C=O) groups is 2. The smallest absolute Gasteiger partial charge is 0.411 e. The van der Waals surface area contributed by atoms with Crippen molar-refractivity contribution < 1.29 is 28.9 Å². The Bertz CT molecular complexity index is 972. The summed E-state index contributed by atoms with van der Waals surface area (Å²) >= 11 is 0. The van der Waals surface area contributed by atoms with Gasteiger partial charge in [0.2, 0.25) is 0 Å². The largest absolute Gasteiger partial charge is 0.507 e. The summed E-state index contributed by atoms with van der Waals surface area (Å²) in [6.45, 7) is 0.852. The predicted molar refractivity (Wildman–Crippen MR) is 111 cm³/mol. The lowest BCUT2D eigenvalue weighted by Gasteiger charge is -2.09. The highest BCUT2D eigenvalue weighted by Gasteiger charge is 2.13. The van der Waals surface area contributed by atoms with Gasteiger partial charge in [0.25, 0.3) is 0 Å². The molecule has 154 valence electrons. The highest BCUT2D eigenvalue weighted by atomic mass is 16.6. The maximum atomic E-state index is 12.1. The Morgan fingerprint density at radius 2 is 1.53 bits per heavy atom. The quantitative estimate of drug-likeness (QED) is 0.327. The van der Waals surface area contributed by atoms with E-state index in [4.69, 9.17) is 14.2 Å². The van der Waals surface area contributed by atoms with E-state index in [1.54, 1.807) is 24.3 Å². The normalized spacial score (nSPS) is 10.3. The number of amides is 1. The molecule has 1 amide bonds. The van der Waals surface area contributed by atoms with Crippen molar-refractivity contribution in [1.29, 1.82) is 0 Å². The number of esters is 1. The van der Waals surface area contributed by atoms with Gasteiger partial charge in [-0.15, -0.1) is 0 Å². The summed E-state index contributed by atoms with van der Waals surface area (Å²) in [5.74, 6) is -0.559. The molecule has 0 spiro atoms. The van der Waals surface area contributed by atoms with E-state index in [1.807, 2.05) is 30.3 Å². The van der Waals surface area contributed by atoms with Crippen LogP contribution in [0.3, 0.4) is 0 Å². The number of hydrogen-bond acceptors (Lipinski definition) is 6. The molecule has 0 atom stereocenters. The number of hydrogen-bond donors (Lipinski definition) is 2. The van der Waals surface area contributed by atoms with Crippen LogP contribution in [0.1, 0.15) is 15.9 Å². The van der Waals surface area contributed by atoms with Crippen molar-refractivity contribution in [2.75, 3.05) is 18.5 Å². The molecule has 0 radical (unpaired) electrons. The lowest BCUT2D eigenvalue weighted by molar-refractivity contribution is 0.0696. The zero-order valence-corrected chi connectivity index (χ0v) is 16.1. The van der Waals surface area contributed by atoms with Crippen molar-refractivity contribution in [2.24, 2.45) is 0 Å². The summed E-state index contributed by atoms with van der Waals surface area (Å²) in [6, 6.07) is 22.0. The summed E-state index contributed by atoms with van der Waals surface area (Å²) in [6.07, 6.45) is -0.614. The van der Waals surface area contributed by atoms with Crippen molar-refractivity contribution in [3.05, 3.63) is 90.0 Å². The number of rotatable bonds is 8. The van der Waals surface area contributed by atoms with Gasteiger partial charge < -0.3 is 19.3 Å². The van der Waals surface area contributed by atoms with Crippen molar-refractivity contribution in [1.82, 2.24) is 0 Å². The Labute approximate surface area is 173 Å². The van der Waals surface area contributed by atoms with Crippen molar-refractivity contribution in [3.63, 3.8) is 0 Å². The first-order valence-corrected chi connectivity index (χ1v) is 9.27. The molecular formula is C23H21NO6. The zero-order valence-electron chi connectivity index (χ0n) is 16.1. The molecule has 7 heteroatoms. The van der Waals surface area contributed by atoms with E-state index in [0.717, 1.165) is 5.56 Å². The second kappa shape index (κ2) is 10.6. The van der Waals surface area contributed by atoms with Crippen LogP contribution in [0.5, 0.6) is 11.5 Å². The molecule has 3 rings (SSSR count). The van der Waals surface area contributed by atoms with E-state index < -0.39 is 12.1 Å². The molecule has 0 saturated heterocycles. The van der Waals surface area contributed by atoms with Gasteiger partial charge in [0.05, 0.1) is 13.2 Å². The molecule has 0 aliphatic carbocycles.